The van der Waals surface area contributed by atoms with Crippen LogP contribution in [0.3, 0.4) is 0 Å². The van der Waals surface area contributed by atoms with Crippen molar-refractivity contribution in [3.8, 4) is 0 Å². The van der Waals surface area contributed by atoms with Crippen LogP contribution in [-0.4, -0.2) is 36.4 Å². The van der Waals surface area contributed by atoms with E-state index in [0.29, 0.717) is 17.6 Å². The molecule has 3 aromatic heterocycles. The lowest BCUT2D eigenvalue weighted by atomic mass is 9.98. The van der Waals surface area contributed by atoms with Gasteiger partial charge in [0.2, 0.25) is 5.43 Å². The van der Waals surface area contributed by atoms with Crippen LogP contribution in [0.2, 0.25) is 0 Å². The first-order valence-electron chi connectivity index (χ1n) is 9.70. The molecule has 2 bridgehead atoms. The molecule has 1 fully saturated rings. The lowest BCUT2D eigenvalue weighted by Crippen LogP contribution is -2.44. The third-order valence-electron chi connectivity index (χ3n) is 5.98. The van der Waals surface area contributed by atoms with Crippen LogP contribution in [0.5, 0.6) is 0 Å². The number of carbonyl (C=O) groups excluding carboxylic acids is 1. The van der Waals surface area contributed by atoms with Crippen molar-refractivity contribution in [3.05, 3.63) is 63.6 Å². The second-order valence-corrected chi connectivity index (χ2v) is 7.57. The van der Waals surface area contributed by atoms with Crippen molar-refractivity contribution < 1.29 is 4.79 Å². The Labute approximate surface area is 162 Å². The summed E-state index contributed by atoms with van der Waals surface area (Å²) in [4.78, 5) is 41.6. The minimum Gasteiger partial charge on any atom is -0.332 e. The average Bonchev–Trinajstić information content (AvgIpc) is 3.02. The number of hydrogen-bond donors (Lipinski definition) is 0. The first-order chi connectivity index (χ1) is 13.6. The van der Waals surface area contributed by atoms with Crippen molar-refractivity contribution >= 4 is 16.9 Å². The number of rotatable bonds is 2. The number of fused-ring (bicyclic) bond motifs is 5. The van der Waals surface area contributed by atoms with Crippen LogP contribution in [0, 0.1) is 6.92 Å². The molecule has 0 radical (unpaired) electrons. The minimum absolute atomic E-state index is 0.0521. The number of aromatic nitrogens is 4. The zero-order chi connectivity index (χ0) is 19.4. The van der Waals surface area contributed by atoms with Crippen LogP contribution < -0.4 is 5.43 Å². The van der Waals surface area contributed by atoms with E-state index in [4.69, 9.17) is 0 Å². The van der Waals surface area contributed by atoms with Crippen molar-refractivity contribution in [2.45, 2.75) is 51.7 Å². The van der Waals surface area contributed by atoms with E-state index in [-0.39, 0.29) is 29.0 Å². The summed E-state index contributed by atoms with van der Waals surface area (Å²) >= 11 is 0. The molecule has 2 aliphatic rings. The highest BCUT2D eigenvalue weighted by atomic mass is 16.2. The van der Waals surface area contributed by atoms with Crippen LogP contribution in [0.15, 0.2) is 35.6 Å². The number of nitrogens with zero attached hydrogens (tertiary/aromatic N) is 5. The minimum atomic E-state index is -0.244. The fourth-order valence-electron chi connectivity index (χ4n) is 4.63. The van der Waals surface area contributed by atoms with Gasteiger partial charge in [-0.25, -0.2) is 15.0 Å². The molecule has 0 aliphatic carbocycles. The second kappa shape index (κ2) is 6.22. The molecule has 7 nitrogen and oxygen atoms in total. The van der Waals surface area contributed by atoms with Gasteiger partial charge < -0.3 is 9.47 Å². The van der Waals surface area contributed by atoms with Gasteiger partial charge >= 0.3 is 0 Å². The summed E-state index contributed by atoms with van der Waals surface area (Å²) in [5.74, 6) is -0.198. The Morgan fingerprint density at radius 1 is 1.29 bits per heavy atom. The number of amides is 1. The van der Waals surface area contributed by atoms with Gasteiger partial charge in [-0.1, -0.05) is 0 Å². The summed E-state index contributed by atoms with van der Waals surface area (Å²) < 4.78 is 1.89. The van der Waals surface area contributed by atoms with Gasteiger partial charge in [0.05, 0.1) is 17.1 Å². The van der Waals surface area contributed by atoms with Gasteiger partial charge in [-0.2, -0.15) is 0 Å². The van der Waals surface area contributed by atoms with E-state index in [0.717, 1.165) is 36.2 Å². The molecule has 5 heterocycles. The zero-order valence-electron chi connectivity index (χ0n) is 15.9. The molecule has 1 amide bonds. The monoisotopic (exact) mass is 375 g/mol. The molecule has 0 saturated carbocycles. The Morgan fingerprint density at radius 2 is 2.14 bits per heavy atom. The molecule has 0 N–H and O–H groups in total. The molecular weight excluding hydrogens is 354 g/mol. The van der Waals surface area contributed by atoms with E-state index in [1.165, 1.54) is 0 Å². The molecule has 2 atom stereocenters. The summed E-state index contributed by atoms with van der Waals surface area (Å²) in [6, 6.07) is 3.62. The standard InChI is InChI=1S/C21H21N5O2/c1-3-25-10-16(19(27)14-6-4-12(2)24-20(14)25)21(28)26-13-5-7-18(26)15-9-22-11-23-17(15)8-13/h4,6,9-11,13,18H,3,5,7-8H2,1-2H3. The molecule has 7 heteroatoms. The number of hydrogen-bond acceptors (Lipinski definition) is 5. The summed E-state index contributed by atoms with van der Waals surface area (Å²) in [7, 11) is 0. The van der Waals surface area contributed by atoms with Gasteiger partial charge in [0.15, 0.2) is 0 Å². The van der Waals surface area contributed by atoms with Crippen LogP contribution in [0.4, 0.5) is 0 Å². The number of aryl methyl sites for hydroxylation is 2. The lowest BCUT2D eigenvalue weighted by molar-refractivity contribution is 0.0642. The lowest BCUT2D eigenvalue weighted by Gasteiger charge is -2.35. The van der Waals surface area contributed by atoms with Gasteiger partial charge in [-0.05, 0) is 38.8 Å². The number of carbonyl (C=O) groups is 1. The average molecular weight is 375 g/mol. The van der Waals surface area contributed by atoms with Gasteiger partial charge in [-0.15, -0.1) is 0 Å². The van der Waals surface area contributed by atoms with E-state index in [1.807, 2.05) is 35.6 Å². The Morgan fingerprint density at radius 3 is 2.96 bits per heavy atom. The Balaban J connectivity index is 1.64. The topological polar surface area (TPSA) is 81.0 Å². The third-order valence-corrected chi connectivity index (χ3v) is 5.98. The van der Waals surface area contributed by atoms with Crippen LogP contribution in [0.25, 0.3) is 11.0 Å². The van der Waals surface area contributed by atoms with Crippen molar-refractivity contribution in [1.82, 2.24) is 24.4 Å². The number of pyridine rings is 2. The molecule has 2 unspecified atom stereocenters. The van der Waals surface area contributed by atoms with Crippen molar-refractivity contribution in [3.63, 3.8) is 0 Å². The molecule has 2 aliphatic heterocycles. The highest BCUT2D eigenvalue weighted by Crippen LogP contribution is 2.43. The molecule has 0 spiro atoms. The van der Waals surface area contributed by atoms with E-state index in [2.05, 4.69) is 15.0 Å². The summed E-state index contributed by atoms with van der Waals surface area (Å²) in [5.41, 5.74) is 3.49. The Kier molecular flexibility index (Phi) is 3.79. The smallest absolute Gasteiger partial charge is 0.260 e. The fraction of sp³-hybridized carbons (Fsp3) is 0.381. The maximum absolute atomic E-state index is 13.5. The van der Waals surface area contributed by atoms with Gasteiger partial charge in [0.1, 0.15) is 17.5 Å². The molecule has 0 aromatic carbocycles. The first-order valence-corrected chi connectivity index (χ1v) is 9.70. The van der Waals surface area contributed by atoms with Gasteiger partial charge in [-0.3, -0.25) is 9.59 Å². The molecule has 28 heavy (non-hydrogen) atoms. The van der Waals surface area contributed by atoms with E-state index in [9.17, 15) is 9.59 Å². The third kappa shape index (κ3) is 2.38. The summed E-state index contributed by atoms with van der Waals surface area (Å²) in [5, 5.41) is 0.492. The van der Waals surface area contributed by atoms with Crippen molar-refractivity contribution in [2.75, 3.05) is 0 Å². The molecule has 3 aromatic rings. The normalized spacial score (nSPS) is 20.4. The van der Waals surface area contributed by atoms with E-state index >= 15 is 0 Å². The fourth-order valence-corrected chi connectivity index (χ4v) is 4.63. The second-order valence-electron chi connectivity index (χ2n) is 7.57. The summed E-state index contributed by atoms with van der Waals surface area (Å²) in [6.45, 7) is 4.52. The molecule has 142 valence electrons. The van der Waals surface area contributed by atoms with Crippen molar-refractivity contribution in [1.29, 1.82) is 0 Å². The first kappa shape index (κ1) is 17.0. The maximum Gasteiger partial charge on any atom is 0.260 e. The van der Waals surface area contributed by atoms with Gasteiger partial charge in [0.25, 0.3) is 5.91 Å². The quantitative estimate of drug-likeness (QED) is 0.687. The molecule has 5 rings (SSSR count). The predicted octanol–water partition coefficient (Wildman–Crippen LogP) is 2.42. The van der Waals surface area contributed by atoms with E-state index < -0.39 is 0 Å². The van der Waals surface area contributed by atoms with Crippen molar-refractivity contribution in [2.24, 2.45) is 0 Å². The Bertz CT molecular complexity index is 1170. The highest BCUT2D eigenvalue weighted by molar-refractivity contribution is 5.97. The maximum atomic E-state index is 13.5. The highest BCUT2D eigenvalue weighted by Gasteiger charge is 2.44. The zero-order valence-corrected chi connectivity index (χ0v) is 15.9. The van der Waals surface area contributed by atoms with E-state index in [1.54, 1.807) is 18.6 Å². The SMILES string of the molecule is CCn1cc(C(=O)N2C3CCC2c2cncnc2C3)c(=O)c2ccc(C)nc21. The molecule has 1 saturated heterocycles. The van der Waals surface area contributed by atoms with Crippen LogP contribution >= 0.6 is 0 Å². The summed E-state index contributed by atoms with van der Waals surface area (Å²) in [6.07, 6.45) is 7.57. The largest absolute Gasteiger partial charge is 0.332 e. The van der Waals surface area contributed by atoms with Crippen LogP contribution in [-0.2, 0) is 13.0 Å². The molecular formula is C21H21N5O2. The van der Waals surface area contributed by atoms with Gasteiger partial charge in [0, 0.05) is 42.7 Å². The Hall–Kier alpha value is -3.09. The predicted molar refractivity (Wildman–Crippen MR) is 104 cm³/mol. The van der Waals surface area contributed by atoms with Crippen LogP contribution in [0.1, 0.15) is 53.1 Å².